The smallest absolute Gasteiger partial charge is 0.233 e. The molecule has 1 aromatic heterocycles. The van der Waals surface area contributed by atoms with Gasteiger partial charge in [-0.2, -0.15) is 0 Å². The van der Waals surface area contributed by atoms with Gasteiger partial charge in [0.2, 0.25) is 5.91 Å². The summed E-state index contributed by atoms with van der Waals surface area (Å²) in [6.07, 6.45) is 2.97. The minimum absolute atomic E-state index is 0.0940. The molecule has 22 heavy (non-hydrogen) atoms. The van der Waals surface area contributed by atoms with Crippen molar-refractivity contribution in [1.82, 2.24) is 20.1 Å². The SMILES string of the molecule is Cn1c(SC2CCCCNC2=O)nnc1-c1ccc(Cl)cc1. The van der Waals surface area contributed by atoms with E-state index in [9.17, 15) is 4.79 Å². The van der Waals surface area contributed by atoms with Crippen LogP contribution in [0.2, 0.25) is 5.02 Å². The number of carbonyl (C=O) groups excluding carboxylic acids is 1. The number of hydrogen-bond donors (Lipinski definition) is 1. The molecule has 3 rings (SSSR count). The summed E-state index contributed by atoms with van der Waals surface area (Å²) in [5.74, 6) is 0.867. The number of aromatic nitrogens is 3. The van der Waals surface area contributed by atoms with Crippen LogP contribution in [0.4, 0.5) is 0 Å². The Labute approximate surface area is 138 Å². The lowest BCUT2D eigenvalue weighted by molar-refractivity contribution is -0.120. The second-order valence-electron chi connectivity index (χ2n) is 5.27. The molecule has 1 N–H and O–H groups in total. The Kier molecular flexibility index (Phi) is 4.69. The van der Waals surface area contributed by atoms with Crippen molar-refractivity contribution in [3.63, 3.8) is 0 Å². The Morgan fingerprint density at radius 3 is 2.82 bits per heavy atom. The van der Waals surface area contributed by atoms with Crippen LogP contribution in [0.15, 0.2) is 29.4 Å². The number of benzene rings is 1. The molecular weight excluding hydrogens is 320 g/mol. The second-order valence-corrected chi connectivity index (χ2v) is 6.87. The predicted octanol–water partition coefficient (Wildman–Crippen LogP) is 2.90. The number of nitrogens with one attached hydrogen (secondary N) is 1. The van der Waals surface area contributed by atoms with Gasteiger partial charge in [-0.3, -0.25) is 4.79 Å². The summed E-state index contributed by atoms with van der Waals surface area (Å²) < 4.78 is 1.92. The maximum atomic E-state index is 12.0. The summed E-state index contributed by atoms with van der Waals surface area (Å²) in [5, 5.41) is 12.8. The lowest BCUT2D eigenvalue weighted by Crippen LogP contribution is -2.30. The van der Waals surface area contributed by atoms with Crippen LogP contribution in [-0.4, -0.2) is 32.5 Å². The summed E-state index contributed by atoms with van der Waals surface area (Å²) in [6.45, 7) is 0.769. The van der Waals surface area contributed by atoms with Crippen molar-refractivity contribution in [2.75, 3.05) is 6.54 Å². The molecule has 1 amide bonds. The Morgan fingerprint density at radius 1 is 1.27 bits per heavy atom. The highest BCUT2D eigenvalue weighted by Crippen LogP contribution is 2.29. The zero-order valence-electron chi connectivity index (χ0n) is 12.3. The predicted molar refractivity (Wildman–Crippen MR) is 88.0 cm³/mol. The molecule has 0 radical (unpaired) electrons. The third kappa shape index (κ3) is 3.28. The summed E-state index contributed by atoms with van der Waals surface area (Å²) in [7, 11) is 1.92. The molecule has 7 heteroatoms. The number of halogens is 1. The highest BCUT2D eigenvalue weighted by Gasteiger charge is 2.24. The second kappa shape index (κ2) is 6.71. The van der Waals surface area contributed by atoms with E-state index in [4.69, 9.17) is 11.6 Å². The van der Waals surface area contributed by atoms with Crippen molar-refractivity contribution in [3.05, 3.63) is 29.3 Å². The van der Waals surface area contributed by atoms with Crippen LogP contribution in [-0.2, 0) is 11.8 Å². The summed E-state index contributed by atoms with van der Waals surface area (Å²) >= 11 is 7.40. The van der Waals surface area contributed by atoms with E-state index in [0.29, 0.717) is 5.02 Å². The van der Waals surface area contributed by atoms with Crippen LogP contribution >= 0.6 is 23.4 Å². The first-order valence-corrected chi connectivity index (χ1v) is 8.50. The van der Waals surface area contributed by atoms with Crippen molar-refractivity contribution >= 4 is 29.3 Å². The van der Waals surface area contributed by atoms with Crippen LogP contribution in [0.1, 0.15) is 19.3 Å². The molecule has 1 unspecified atom stereocenters. The molecule has 116 valence electrons. The number of carbonyl (C=O) groups is 1. The zero-order chi connectivity index (χ0) is 15.5. The van der Waals surface area contributed by atoms with Crippen molar-refractivity contribution in [1.29, 1.82) is 0 Å². The highest BCUT2D eigenvalue weighted by atomic mass is 35.5. The number of nitrogens with zero attached hydrogens (tertiary/aromatic N) is 3. The zero-order valence-corrected chi connectivity index (χ0v) is 13.8. The molecule has 0 spiro atoms. The normalized spacial score (nSPS) is 18.8. The summed E-state index contributed by atoms with van der Waals surface area (Å²) in [4.78, 5) is 12.0. The number of thioether (sulfide) groups is 1. The maximum Gasteiger partial charge on any atom is 0.233 e. The van der Waals surface area contributed by atoms with Gasteiger partial charge in [0, 0.05) is 24.2 Å². The van der Waals surface area contributed by atoms with Crippen LogP contribution in [0.5, 0.6) is 0 Å². The molecule has 0 aliphatic carbocycles. The Morgan fingerprint density at radius 2 is 2.05 bits per heavy atom. The fourth-order valence-corrected chi connectivity index (χ4v) is 3.61. The first kappa shape index (κ1) is 15.4. The molecule has 1 fully saturated rings. The van der Waals surface area contributed by atoms with E-state index in [1.807, 2.05) is 35.9 Å². The third-order valence-corrected chi connectivity index (χ3v) is 5.22. The van der Waals surface area contributed by atoms with Gasteiger partial charge in [-0.1, -0.05) is 29.8 Å². The molecule has 2 aromatic rings. The van der Waals surface area contributed by atoms with Gasteiger partial charge in [0.05, 0.1) is 5.25 Å². The minimum atomic E-state index is -0.0940. The number of hydrogen-bond acceptors (Lipinski definition) is 4. The largest absolute Gasteiger partial charge is 0.355 e. The molecule has 2 heterocycles. The molecule has 1 aliphatic rings. The average Bonchev–Trinajstić information content (AvgIpc) is 2.74. The van der Waals surface area contributed by atoms with E-state index in [1.165, 1.54) is 11.8 Å². The van der Waals surface area contributed by atoms with Crippen molar-refractivity contribution < 1.29 is 4.79 Å². The van der Waals surface area contributed by atoms with Gasteiger partial charge in [-0.15, -0.1) is 10.2 Å². The fourth-order valence-electron chi connectivity index (χ4n) is 2.42. The lowest BCUT2D eigenvalue weighted by Gasteiger charge is -2.12. The monoisotopic (exact) mass is 336 g/mol. The molecular formula is C15H17ClN4OS. The van der Waals surface area contributed by atoms with Crippen molar-refractivity contribution in [3.8, 4) is 11.4 Å². The van der Waals surface area contributed by atoms with Crippen LogP contribution in [0.3, 0.4) is 0 Å². The van der Waals surface area contributed by atoms with E-state index in [1.54, 1.807) is 0 Å². The van der Waals surface area contributed by atoms with E-state index >= 15 is 0 Å². The lowest BCUT2D eigenvalue weighted by atomic mass is 10.2. The highest BCUT2D eigenvalue weighted by molar-refractivity contribution is 8.00. The molecule has 0 bridgehead atoms. The third-order valence-electron chi connectivity index (χ3n) is 3.67. The van der Waals surface area contributed by atoms with Gasteiger partial charge >= 0.3 is 0 Å². The van der Waals surface area contributed by atoms with E-state index in [0.717, 1.165) is 42.4 Å². The van der Waals surface area contributed by atoms with Gasteiger partial charge in [-0.25, -0.2) is 0 Å². The van der Waals surface area contributed by atoms with Gasteiger partial charge in [0.1, 0.15) is 0 Å². The van der Waals surface area contributed by atoms with Crippen LogP contribution in [0, 0.1) is 0 Å². The first-order chi connectivity index (χ1) is 10.6. The molecule has 5 nitrogen and oxygen atoms in total. The average molecular weight is 337 g/mol. The van der Waals surface area contributed by atoms with Crippen LogP contribution in [0.25, 0.3) is 11.4 Å². The van der Waals surface area contributed by atoms with Gasteiger partial charge < -0.3 is 9.88 Å². The molecule has 1 atom stereocenters. The standard InChI is InChI=1S/C15H17ClN4OS/c1-20-13(10-5-7-11(16)8-6-10)18-19-15(20)22-12-4-2-3-9-17-14(12)21/h5-8,12H,2-4,9H2,1H3,(H,17,21). The van der Waals surface area contributed by atoms with E-state index in [-0.39, 0.29) is 11.2 Å². The minimum Gasteiger partial charge on any atom is -0.355 e. The van der Waals surface area contributed by atoms with Gasteiger partial charge in [0.25, 0.3) is 0 Å². The summed E-state index contributed by atoms with van der Waals surface area (Å²) in [6, 6.07) is 7.49. The van der Waals surface area contributed by atoms with Crippen LogP contribution < -0.4 is 5.32 Å². The molecule has 1 aliphatic heterocycles. The van der Waals surface area contributed by atoms with E-state index < -0.39 is 0 Å². The quantitative estimate of drug-likeness (QED) is 0.936. The van der Waals surface area contributed by atoms with Crippen molar-refractivity contribution in [2.24, 2.45) is 7.05 Å². The number of amides is 1. The van der Waals surface area contributed by atoms with Gasteiger partial charge in [0.15, 0.2) is 11.0 Å². The first-order valence-electron chi connectivity index (χ1n) is 7.25. The van der Waals surface area contributed by atoms with Gasteiger partial charge in [-0.05, 0) is 37.1 Å². The molecule has 0 saturated carbocycles. The van der Waals surface area contributed by atoms with Crippen molar-refractivity contribution in [2.45, 2.75) is 29.7 Å². The molecule has 1 saturated heterocycles. The summed E-state index contributed by atoms with van der Waals surface area (Å²) in [5.41, 5.74) is 0.955. The topological polar surface area (TPSA) is 59.8 Å². The molecule has 1 aromatic carbocycles. The fraction of sp³-hybridized carbons (Fsp3) is 0.400. The Hall–Kier alpha value is -1.53. The maximum absolute atomic E-state index is 12.0. The van der Waals surface area contributed by atoms with E-state index in [2.05, 4.69) is 15.5 Å². The Bertz CT molecular complexity index is 671. The Balaban J connectivity index is 1.81. The number of rotatable bonds is 3.